The highest BCUT2D eigenvalue weighted by Gasteiger charge is 1.98. The molecule has 0 saturated carbocycles. The molecule has 2 rings (SSSR count). The zero-order chi connectivity index (χ0) is 6.97. The molecule has 1 radical (unpaired) electrons. The molecule has 0 atom stereocenters. The van der Waals surface area contributed by atoms with E-state index in [9.17, 15) is 0 Å². The van der Waals surface area contributed by atoms with Crippen LogP contribution in [0.15, 0.2) is 18.2 Å². The summed E-state index contributed by atoms with van der Waals surface area (Å²) >= 11 is 7.29. The lowest BCUT2D eigenvalue weighted by atomic mass is 10.3. The van der Waals surface area contributed by atoms with Crippen molar-refractivity contribution in [1.29, 1.82) is 0 Å². The smallest absolute Gasteiger partial charge is 0.153 e. The van der Waals surface area contributed by atoms with Gasteiger partial charge in [-0.05, 0) is 12.1 Å². The van der Waals surface area contributed by atoms with Crippen LogP contribution in [0.1, 0.15) is 0 Å². The van der Waals surface area contributed by atoms with Crippen LogP contribution in [0, 0.1) is 5.51 Å². The summed E-state index contributed by atoms with van der Waals surface area (Å²) in [5.41, 5.74) is 3.71. The lowest BCUT2D eigenvalue weighted by Crippen LogP contribution is -1.65. The summed E-state index contributed by atoms with van der Waals surface area (Å²) in [6.45, 7) is 0. The molecule has 10 heavy (non-hydrogen) atoms. The minimum Gasteiger partial charge on any atom is -0.233 e. The van der Waals surface area contributed by atoms with Gasteiger partial charge in [0.25, 0.3) is 0 Å². The number of benzene rings is 1. The van der Waals surface area contributed by atoms with Crippen LogP contribution in [-0.2, 0) is 0 Å². The lowest BCUT2D eigenvalue weighted by molar-refractivity contribution is 1.48. The molecule has 1 nitrogen and oxygen atoms in total. The van der Waals surface area contributed by atoms with Crippen LogP contribution in [0.2, 0.25) is 5.02 Å². The van der Waals surface area contributed by atoms with Gasteiger partial charge in [0, 0.05) is 0 Å². The molecule has 1 heterocycles. The van der Waals surface area contributed by atoms with Gasteiger partial charge in [-0.25, -0.2) is 4.98 Å². The number of thiazole rings is 1. The van der Waals surface area contributed by atoms with Gasteiger partial charge >= 0.3 is 0 Å². The maximum atomic E-state index is 5.85. The van der Waals surface area contributed by atoms with Crippen LogP contribution >= 0.6 is 22.9 Å². The minimum absolute atomic E-state index is 0.760. The van der Waals surface area contributed by atoms with Gasteiger partial charge in [-0.15, -0.1) is 11.3 Å². The van der Waals surface area contributed by atoms with Crippen molar-refractivity contribution >= 4 is 33.2 Å². The number of rotatable bonds is 0. The van der Waals surface area contributed by atoms with E-state index in [0.29, 0.717) is 0 Å². The maximum absolute atomic E-state index is 5.85. The standard InChI is InChI=1S/C7H3ClNS/c8-5-2-1-3-6-7(5)10-4-9-6/h1-3H. The van der Waals surface area contributed by atoms with Crippen molar-refractivity contribution in [3.05, 3.63) is 28.7 Å². The van der Waals surface area contributed by atoms with E-state index < -0.39 is 0 Å². The molecule has 0 bridgehead atoms. The van der Waals surface area contributed by atoms with E-state index in [1.807, 2.05) is 18.2 Å². The van der Waals surface area contributed by atoms with E-state index in [-0.39, 0.29) is 0 Å². The highest BCUT2D eigenvalue weighted by Crippen LogP contribution is 2.25. The SMILES string of the molecule is Clc1cccc2n[c]sc12. The van der Waals surface area contributed by atoms with Gasteiger partial charge in [0.15, 0.2) is 5.51 Å². The summed E-state index contributed by atoms with van der Waals surface area (Å²) in [5, 5.41) is 0.760. The van der Waals surface area contributed by atoms with Crippen LogP contribution in [0.5, 0.6) is 0 Å². The monoisotopic (exact) mass is 168 g/mol. The molecule has 1 aromatic carbocycles. The first-order valence-corrected chi connectivity index (χ1v) is 3.98. The summed E-state index contributed by atoms with van der Waals surface area (Å²) in [4.78, 5) is 3.99. The average molecular weight is 169 g/mol. The van der Waals surface area contributed by atoms with E-state index in [0.717, 1.165) is 15.2 Å². The Morgan fingerprint density at radius 2 is 2.40 bits per heavy atom. The average Bonchev–Trinajstić information content (AvgIpc) is 2.36. The molecule has 0 saturated heterocycles. The van der Waals surface area contributed by atoms with E-state index in [2.05, 4.69) is 10.5 Å². The zero-order valence-corrected chi connectivity index (χ0v) is 6.54. The second kappa shape index (κ2) is 2.22. The normalized spacial score (nSPS) is 10.5. The Balaban J connectivity index is 2.95. The van der Waals surface area contributed by atoms with Crippen molar-refractivity contribution in [1.82, 2.24) is 4.98 Å². The second-order valence-electron chi connectivity index (χ2n) is 1.89. The lowest BCUT2D eigenvalue weighted by Gasteiger charge is -1.87. The Morgan fingerprint density at radius 1 is 1.50 bits per heavy atom. The van der Waals surface area contributed by atoms with Crippen LogP contribution in [0.3, 0.4) is 0 Å². The molecule has 0 N–H and O–H groups in total. The second-order valence-corrected chi connectivity index (χ2v) is 3.10. The van der Waals surface area contributed by atoms with E-state index in [4.69, 9.17) is 11.6 Å². The summed E-state index contributed by atoms with van der Waals surface area (Å²) < 4.78 is 1.02. The quantitative estimate of drug-likeness (QED) is 0.590. The van der Waals surface area contributed by atoms with E-state index in [1.165, 1.54) is 11.3 Å². The van der Waals surface area contributed by atoms with Gasteiger partial charge in [0.2, 0.25) is 0 Å². The molecule has 3 heteroatoms. The minimum atomic E-state index is 0.760. The fourth-order valence-electron chi connectivity index (χ4n) is 0.804. The summed E-state index contributed by atoms with van der Waals surface area (Å²) in [6.07, 6.45) is 0. The van der Waals surface area contributed by atoms with Gasteiger partial charge in [-0.1, -0.05) is 17.7 Å². The predicted molar refractivity (Wildman–Crippen MR) is 43.5 cm³/mol. The Morgan fingerprint density at radius 3 is 3.20 bits per heavy atom. The molecule has 1 aromatic heterocycles. The largest absolute Gasteiger partial charge is 0.233 e. The van der Waals surface area contributed by atoms with Gasteiger partial charge < -0.3 is 0 Å². The van der Waals surface area contributed by atoms with Crippen LogP contribution in [0.25, 0.3) is 10.2 Å². The molecular formula is C7H3ClNS. The Labute approximate surface area is 67.3 Å². The fourth-order valence-corrected chi connectivity index (χ4v) is 1.71. The molecule has 0 aliphatic carbocycles. The highest BCUT2D eigenvalue weighted by atomic mass is 35.5. The molecule has 2 aromatic rings. The van der Waals surface area contributed by atoms with Gasteiger partial charge in [-0.3, -0.25) is 0 Å². The van der Waals surface area contributed by atoms with Crippen LogP contribution < -0.4 is 0 Å². The van der Waals surface area contributed by atoms with Crippen LogP contribution in [-0.4, -0.2) is 4.98 Å². The maximum Gasteiger partial charge on any atom is 0.153 e. The summed E-state index contributed by atoms with van der Waals surface area (Å²) in [5.74, 6) is 0. The molecule has 0 aliphatic rings. The first kappa shape index (κ1) is 6.13. The Kier molecular flexibility index (Phi) is 1.36. The third-order valence-corrected chi connectivity index (χ3v) is 2.50. The number of fused-ring (bicyclic) bond motifs is 1. The number of hydrogen-bond donors (Lipinski definition) is 0. The molecule has 49 valence electrons. The first-order chi connectivity index (χ1) is 4.88. The van der Waals surface area contributed by atoms with Crippen molar-refractivity contribution in [2.45, 2.75) is 0 Å². The first-order valence-electron chi connectivity index (χ1n) is 2.79. The number of aromatic nitrogens is 1. The van der Waals surface area contributed by atoms with E-state index >= 15 is 0 Å². The highest BCUT2D eigenvalue weighted by molar-refractivity contribution is 7.17. The predicted octanol–water partition coefficient (Wildman–Crippen LogP) is 2.75. The Bertz CT molecular complexity index is 355. The van der Waals surface area contributed by atoms with Crippen LogP contribution in [0.4, 0.5) is 0 Å². The van der Waals surface area contributed by atoms with Crippen molar-refractivity contribution in [2.24, 2.45) is 0 Å². The van der Waals surface area contributed by atoms with Crippen molar-refractivity contribution in [3.63, 3.8) is 0 Å². The molecule has 0 unspecified atom stereocenters. The molecular weight excluding hydrogens is 166 g/mol. The topological polar surface area (TPSA) is 12.9 Å². The molecule has 0 aliphatic heterocycles. The van der Waals surface area contributed by atoms with Gasteiger partial charge in [0.05, 0.1) is 15.2 Å². The van der Waals surface area contributed by atoms with Crippen molar-refractivity contribution < 1.29 is 0 Å². The molecule has 0 spiro atoms. The third-order valence-electron chi connectivity index (χ3n) is 1.26. The summed E-state index contributed by atoms with van der Waals surface area (Å²) in [7, 11) is 0. The number of halogens is 1. The van der Waals surface area contributed by atoms with E-state index in [1.54, 1.807) is 0 Å². The Hall–Kier alpha value is -0.600. The molecule has 0 fully saturated rings. The fraction of sp³-hybridized carbons (Fsp3) is 0. The van der Waals surface area contributed by atoms with Gasteiger partial charge in [0.1, 0.15) is 0 Å². The van der Waals surface area contributed by atoms with Crippen molar-refractivity contribution in [3.8, 4) is 0 Å². The number of hydrogen-bond acceptors (Lipinski definition) is 2. The van der Waals surface area contributed by atoms with Gasteiger partial charge in [-0.2, -0.15) is 0 Å². The molecule has 0 amide bonds. The van der Waals surface area contributed by atoms with Crippen molar-refractivity contribution in [2.75, 3.05) is 0 Å². The number of nitrogens with zero attached hydrogens (tertiary/aromatic N) is 1. The third kappa shape index (κ3) is 0.805. The summed E-state index contributed by atoms with van der Waals surface area (Å²) in [6, 6.07) is 5.67. The zero-order valence-electron chi connectivity index (χ0n) is 4.97.